The molecule has 7 nitrogen and oxygen atoms in total. The maximum absolute atomic E-state index is 11.8. The summed E-state index contributed by atoms with van der Waals surface area (Å²) in [6.45, 7) is 2.23. The number of thioether (sulfide) groups is 1. The van der Waals surface area contributed by atoms with Crippen LogP contribution in [-0.2, 0) is 9.67 Å². The van der Waals surface area contributed by atoms with Gasteiger partial charge in [-0.1, -0.05) is 11.8 Å². The summed E-state index contributed by atoms with van der Waals surface area (Å²) in [7, 11) is 2.01. The van der Waals surface area contributed by atoms with Crippen LogP contribution < -0.4 is 5.73 Å². The first-order valence-electron chi connectivity index (χ1n) is 7.74. The van der Waals surface area contributed by atoms with E-state index in [0.717, 1.165) is 12.1 Å². The average Bonchev–Trinajstić information content (AvgIpc) is 2.99. The molecular formula is C16H20N6OS. The summed E-state index contributed by atoms with van der Waals surface area (Å²) >= 11 is 1.54. The zero-order valence-corrected chi connectivity index (χ0v) is 14.3. The largest absolute Gasteiger partial charge is 0.370 e. The molecule has 3 rings (SSSR count). The first-order chi connectivity index (χ1) is 11.6. The van der Waals surface area contributed by atoms with Crippen molar-refractivity contribution in [2.75, 3.05) is 26.7 Å². The second-order valence-corrected chi connectivity index (χ2v) is 7.16. The number of nitrogens with zero attached hydrogens (tertiary/aromatic N) is 5. The van der Waals surface area contributed by atoms with Gasteiger partial charge in [-0.3, -0.25) is 14.8 Å². The molecule has 24 heavy (non-hydrogen) atoms. The van der Waals surface area contributed by atoms with Crippen LogP contribution in [0.15, 0.2) is 36.1 Å². The molecular weight excluding hydrogens is 324 g/mol. The molecule has 2 aliphatic heterocycles. The van der Waals surface area contributed by atoms with E-state index < -0.39 is 4.87 Å². The molecule has 2 atom stereocenters. The van der Waals surface area contributed by atoms with Crippen molar-refractivity contribution < 1.29 is 4.79 Å². The number of nitrogens with two attached hydrogens (primary N) is 1. The summed E-state index contributed by atoms with van der Waals surface area (Å²) in [4.78, 5) is 17.4. The summed E-state index contributed by atoms with van der Waals surface area (Å²) in [5.74, 6) is -0.379. The van der Waals surface area contributed by atoms with E-state index >= 15 is 0 Å². The van der Waals surface area contributed by atoms with Crippen LogP contribution in [0.3, 0.4) is 0 Å². The highest BCUT2D eigenvalue weighted by atomic mass is 32.2. The topological polar surface area (TPSA) is 89.5 Å². The van der Waals surface area contributed by atoms with E-state index in [0.29, 0.717) is 13.1 Å². The molecule has 3 heterocycles. The Morgan fingerprint density at radius 1 is 1.50 bits per heavy atom. The third-order valence-electron chi connectivity index (χ3n) is 4.36. The minimum Gasteiger partial charge on any atom is -0.370 e. The minimum absolute atomic E-state index is 0.152. The number of piperazine rings is 1. The van der Waals surface area contributed by atoms with E-state index in [1.54, 1.807) is 12.4 Å². The summed E-state index contributed by atoms with van der Waals surface area (Å²) in [5, 5.41) is 15.6. The number of likely N-dealkylation sites (N-methyl/N-ethyl adjacent to an activating group) is 1. The Kier molecular flexibility index (Phi) is 4.76. The smallest absolute Gasteiger partial charge is 0.221 e. The third-order valence-corrected chi connectivity index (χ3v) is 5.58. The van der Waals surface area contributed by atoms with Crippen LogP contribution in [0.1, 0.15) is 12.0 Å². The number of hydrogen-bond donors (Lipinski definition) is 1. The van der Waals surface area contributed by atoms with Gasteiger partial charge in [0.1, 0.15) is 10.9 Å². The zero-order chi connectivity index (χ0) is 17.2. The predicted octanol–water partition coefficient (Wildman–Crippen LogP) is 0.684. The highest BCUT2D eigenvalue weighted by Crippen LogP contribution is 2.49. The lowest BCUT2D eigenvalue weighted by Gasteiger charge is -2.49. The van der Waals surface area contributed by atoms with Gasteiger partial charge in [0, 0.05) is 38.2 Å². The monoisotopic (exact) mass is 344 g/mol. The van der Waals surface area contributed by atoms with Gasteiger partial charge in [0.2, 0.25) is 5.91 Å². The molecule has 0 aromatic carbocycles. The van der Waals surface area contributed by atoms with Gasteiger partial charge in [-0.05, 0) is 30.2 Å². The molecule has 1 aromatic rings. The van der Waals surface area contributed by atoms with Crippen molar-refractivity contribution in [2.45, 2.75) is 17.3 Å². The normalized spacial score (nSPS) is 28.0. The van der Waals surface area contributed by atoms with E-state index in [1.165, 1.54) is 11.8 Å². The first kappa shape index (κ1) is 16.8. The predicted molar refractivity (Wildman–Crippen MR) is 91.9 cm³/mol. The molecule has 0 aliphatic carbocycles. The molecule has 2 unspecified atom stereocenters. The summed E-state index contributed by atoms with van der Waals surface area (Å²) in [6, 6.07) is 5.89. The van der Waals surface area contributed by atoms with Gasteiger partial charge in [0.15, 0.2) is 0 Å². The van der Waals surface area contributed by atoms with Gasteiger partial charge in [0.05, 0.1) is 12.5 Å². The summed E-state index contributed by atoms with van der Waals surface area (Å²) in [5.41, 5.74) is 6.51. The van der Waals surface area contributed by atoms with Crippen LogP contribution in [0.2, 0.25) is 0 Å². The molecule has 126 valence electrons. The molecule has 1 amide bonds. The van der Waals surface area contributed by atoms with Crippen LogP contribution in [-0.4, -0.2) is 58.5 Å². The van der Waals surface area contributed by atoms with E-state index in [2.05, 4.69) is 16.0 Å². The van der Waals surface area contributed by atoms with Crippen LogP contribution in [0.25, 0.3) is 0 Å². The zero-order valence-electron chi connectivity index (χ0n) is 13.5. The Morgan fingerprint density at radius 3 is 2.92 bits per heavy atom. The van der Waals surface area contributed by atoms with Gasteiger partial charge in [0.25, 0.3) is 0 Å². The molecule has 0 bridgehead atoms. The van der Waals surface area contributed by atoms with E-state index in [1.807, 2.05) is 40.8 Å². The van der Waals surface area contributed by atoms with Crippen LogP contribution in [0, 0.1) is 11.3 Å². The van der Waals surface area contributed by atoms with Crippen LogP contribution >= 0.6 is 11.8 Å². The van der Waals surface area contributed by atoms with Crippen molar-refractivity contribution >= 4 is 17.7 Å². The molecule has 2 aliphatic rings. The number of aromatic nitrogens is 1. The number of carbonyl (C=O) groups excluding carboxylic acids is 1. The molecule has 0 saturated carbocycles. The fourth-order valence-electron chi connectivity index (χ4n) is 3.22. The SMILES string of the molecule is CN1CCN(N2C=CSC2(CC(N)=O)c2ccncc2)C(C#N)C1. The standard InChI is InChI=1S/C16H20N6OS/c1-20-6-7-21(14(11-17)12-20)22-8-9-24-16(22,10-15(18)23)13-2-4-19-5-3-13/h2-5,8-9,14H,6-7,10,12H2,1H3,(H2,18,23). The van der Waals surface area contributed by atoms with Crippen molar-refractivity contribution in [3.05, 3.63) is 41.7 Å². The molecule has 2 N–H and O–H groups in total. The van der Waals surface area contributed by atoms with E-state index in [9.17, 15) is 10.1 Å². The fourth-order valence-corrected chi connectivity index (χ4v) is 4.39. The molecule has 8 heteroatoms. The lowest BCUT2D eigenvalue weighted by molar-refractivity contribution is -0.124. The van der Waals surface area contributed by atoms with Crippen LogP contribution in [0.4, 0.5) is 0 Å². The summed E-state index contributed by atoms with van der Waals surface area (Å²) in [6.07, 6.45) is 5.50. The number of hydrogen-bond acceptors (Lipinski definition) is 7. The molecule has 0 radical (unpaired) electrons. The first-order valence-corrected chi connectivity index (χ1v) is 8.62. The van der Waals surface area contributed by atoms with Crippen LogP contribution in [0.5, 0.6) is 0 Å². The quantitative estimate of drug-likeness (QED) is 0.859. The Labute approximate surface area is 145 Å². The molecule has 1 aromatic heterocycles. The van der Waals surface area contributed by atoms with E-state index in [4.69, 9.17) is 5.73 Å². The number of hydrazine groups is 1. The number of rotatable bonds is 4. The number of pyridine rings is 1. The lowest BCUT2D eigenvalue weighted by atomic mass is 10.0. The van der Waals surface area contributed by atoms with Crippen molar-refractivity contribution in [3.8, 4) is 6.07 Å². The highest BCUT2D eigenvalue weighted by Gasteiger charge is 2.47. The maximum Gasteiger partial charge on any atom is 0.221 e. The van der Waals surface area contributed by atoms with E-state index in [-0.39, 0.29) is 18.4 Å². The average molecular weight is 344 g/mol. The molecule has 0 spiro atoms. The second-order valence-electron chi connectivity index (χ2n) is 5.98. The van der Waals surface area contributed by atoms with Gasteiger partial charge >= 0.3 is 0 Å². The van der Waals surface area contributed by atoms with Gasteiger partial charge < -0.3 is 10.6 Å². The maximum atomic E-state index is 11.8. The molecule has 1 saturated heterocycles. The lowest BCUT2D eigenvalue weighted by Crippen LogP contribution is -2.60. The Bertz CT molecular complexity index is 675. The third kappa shape index (κ3) is 2.98. The van der Waals surface area contributed by atoms with Gasteiger partial charge in [-0.25, -0.2) is 5.01 Å². The van der Waals surface area contributed by atoms with Crippen molar-refractivity contribution in [1.29, 1.82) is 5.26 Å². The number of nitriles is 1. The summed E-state index contributed by atoms with van der Waals surface area (Å²) < 4.78 is 0. The molecule has 1 fully saturated rings. The number of amides is 1. The Balaban J connectivity index is 2.00. The minimum atomic E-state index is -0.667. The second kappa shape index (κ2) is 6.81. The number of carbonyl (C=O) groups is 1. The Hall–Kier alpha value is -2.08. The van der Waals surface area contributed by atoms with Gasteiger partial charge in [-0.2, -0.15) is 5.26 Å². The van der Waals surface area contributed by atoms with Crippen molar-refractivity contribution in [2.24, 2.45) is 5.73 Å². The van der Waals surface area contributed by atoms with Crippen molar-refractivity contribution in [3.63, 3.8) is 0 Å². The van der Waals surface area contributed by atoms with Crippen molar-refractivity contribution in [1.82, 2.24) is 19.9 Å². The number of primary amides is 1. The Morgan fingerprint density at radius 2 is 2.25 bits per heavy atom. The van der Waals surface area contributed by atoms with Gasteiger partial charge in [-0.15, -0.1) is 0 Å². The highest BCUT2D eigenvalue weighted by molar-refractivity contribution is 8.03. The fraction of sp³-hybridized carbons (Fsp3) is 0.438.